The van der Waals surface area contributed by atoms with Gasteiger partial charge in [-0.25, -0.2) is 9.18 Å². The minimum atomic E-state index is -4.83. The second-order valence-corrected chi connectivity index (χ2v) is 11.2. The Bertz CT molecular complexity index is 2000. The van der Waals surface area contributed by atoms with Gasteiger partial charge < -0.3 is 24.5 Å². The molecule has 0 bridgehead atoms. The Hall–Kier alpha value is -5.22. The summed E-state index contributed by atoms with van der Waals surface area (Å²) >= 11 is 0. The second-order valence-electron chi connectivity index (χ2n) is 11.2. The van der Waals surface area contributed by atoms with E-state index in [1.165, 1.54) is 26.6 Å². The van der Waals surface area contributed by atoms with E-state index in [0.29, 0.717) is 31.3 Å². The number of benzene rings is 3. The van der Waals surface area contributed by atoms with Crippen LogP contribution in [0.3, 0.4) is 0 Å². The van der Waals surface area contributed by atoms with Crippen molar-refractivity contribution in [3.8, 4) is 22.6 Å². The minimum absolute atomic E-state index is 0.0123. The monoisotopic (exact) mass is 669 g/mol. The van der Waals surface area contributed by atoms with Gasteiger partial charge in [0.1, 0.15) is 19.5 Å². The van der Waals surface area contributed by atoms with Gasteiger partial charge in [-0.15, -0.1) is 10.2 Å². The molecule has 12 nitrogen and oxygen atoms in total. The van der Waals surface area contributed by atoms with Crippen LogP contribution in [-0.4, -0.2) is 68.5 Å². The number of aryl methyl sites for hydroxylation is 1. The average Bonchev–Trinajstić information content (AvgIpc) is 3.66. The molecule has 48 heavy (non-hydrogen) atoms. The fourth-order valence-electron chi connectivity index (χ4n) is 5.66. The Labute approximate surface area is 270 Å². The highest BCUT2D eigenvalue weighted by Crippen LogP contribution is 2.41. The number of morpholine rings is 1. The number of amides is 1. The Kier molecular flexibility index (Phi) is 9.19. The number of imidazole rings is 1. The Balaban J connectivity index is 1.34. The molecule has 3 heterocycles. The zero-order valence-corrected chi connectivity index (χ0v) is 25.9. The second kappa shape index (κ2) is 13.5. The number of halogens is 4. The van der Waals surface area contributed by atoms with Crippen LogP contribution in [0.2, 0.25) is 0 Å². The number of hydrogen-bond acceptors (Lipinski definition) is 8. The van der Waals surface area contributed by atoms with Crippen molar-refractivity contribution >= 4 is 22.6 Å². The molecule has 2 N–H and O–H groups in total. The van der Waals surface area contributed by atoms with Gasteiger partial charge in [0.05, 0.1) is 36.9 Å². The molecule has 0 unspecified atom stereocenters. The Morgan fingerprint density at radius 3 is 2.62 bits per heavy atom. The highest BCUT2D eigenvalue weighted by molar-refractivity contribution is 5.96. The summed E-state index contributed by atoms with van der Waals surface area (Å²) in [4.78, 5) is 31.6. The lowest BCUT2D eigenvalue weighted by Gasteiger charge is -2.26. The van der Waals surface area contributed by atoms with E-state index in [4.69, 9.17) is 14.2 Å². The van der Waals surface area contributed by atoms with Gasteiger partial charge in [0, 0.05) is 37.9 Å². The number of methoxy groups -OCH3 is 1. The molecule has 0 spiro atoms. The molecule has 3 aromatic carbocycles. The van der Waals surface area contributed by atoms with Gasteiger partial charge in [-0.3, -0.25) is 18.8 Å². The Morgan fingerprint density at radius 1 is 1.12 bits per heavy atom. The molecule has 1 fully saturated rings. The van der Waals surface area contributed by atoms with Crippen molar-refractivity contribution in [1.29, 1.82) is 0 Å². The fourth-order valence-corrected chi connectivity index (χ4v) is 5.66. The molecule has 1 amide bonds. The van der Waals surface area contributed by atoms with Crippen LogP contribution in [0.15, 0.2) is 59.7 Å². The van der Waals surface area contributed by atoms with Gasteiger partial charge in [0.15, 0.2) is 23.1 Å². The van der Waals surface area contributed by atoms with Crippen molar-refractivity contribution in [1.82, 2.24) is 29.2 Å². The third-order valence-corrected chi connectivity index (χ3v) is 7.94. The number of aromatic nitrogens is 5. The molecule has 0 atom stereocenters. The number of alkyl halides is 3. The summed E-state index contributed by atoms with van der Waals surface area (Å²) in [5.74, 6) is -1.63. The van der Waals surface area contributed by atoms with Crippen molar-refractivity contribution in [3.05, 3.63) is 88.1 Å². The summed E-state index contributed by atoms with van der Waals surface area (Å²) in [5.41, 5.74) is -0.613. The summed E-state index contributed by atoms with van der Waals surface area (Å²) < 4.78 is 76.4. The number of anilines is 1. The van der Waals surface area contributed by atoms with E-state index >= 15 is 4.39 Å². The summed E-state index contributed by atoms with van der Waals surface area (Å²) in [6.07, 6.45) is -3.51. The van der Waals surface area contributed by atoms with Gasteiger partial charge >= 0.3 is 11.9 Å². The number of nitrogens with zero attached hydrogens (tertiary/aromatic N) is 5. The molecular formula is C32H31F4N7O5. The maximum atomic E-state index is 15.5. The first-order chi connectivity index (χ1) is 23.0. The lowest BCUT2D eigenvalue weighted by atomic mass is 9.99. The van der Waals surface area contributed by atoms with Gasteiger partial charge in [-0.05, 0) is 47.5 Å². The molecule has 16 heteroatoms. The number of carbonyl (C=O) groups excluding carboxylic acids is 1. The van der Waals surface area contributed by atoms with Crippen LogP contribution in [0.4, 0.5) is 23.2 Å². The van der Waals surface area contributed by atoms with Crippen molar-refractivity contribution < 1.29 is 36.6 Å². The van der Waals surface area contributed by atoms with Crippen LogP contribution < -0.4 is 20.5 Å². The number of aromatic amines is 1. The first kappa shape index (κ1) is 32.7. The van der Waals surface area contributed by atoms with Crippen LogP contribution in [0, 0.1) is 5.82 Å². The van der Waals surface area contributed by atoms with Gasteiger partial charge in [-0.1, -0.05) is 12.1 Å². The molecule has 2 aromatic heterocycles. The van der Waals surface area contributed by atoms with E-state index in [1.54, 1.807) is 18.2 Å². The van der Waals surface area contributed by atoms with Crippen molar-refractivity contribution in [2.24, 2.45) is 7.05 Å². The quantitative estimate of drug-likeness (QED) is 0.210. The number of hydrogen-bond donors (Lipinski definition) is 2. The van der Waals surface area contributed by atoms with Crippen LogP contribution in [0.25, 0.3) is 22.2 Å². The highest BCUT2D eigenvalue weighted by atomic mass is 19.4. The lowest BCUT2D eigenvalue weighted by molar-refractivity contribution is -0.137. The highest BCUT2D eigenvalue weighted by Gasteiger charge is 2.33. The van der Waals surface area contributed by atoms with Crippen LogP contribution in [0.1, 0.15) is 17.0 Å². The predicted octanol–water partition coefficient (Wildman–Crippen LogP) is 4.34. The van der Waals surface area contributed by atoms with Crippen molar-refractivity contribution in [2.45, 2.75) is 25.9 Å². The van der Waals surface area contributed by atoms with Crippen molar-refractivity contribution in [3.63, 3.8) is 0 Å². The fraction of sp³-hybridized carbons (Fsp3) is 0.312. The number of carbonyl (C=O) groups is 1. The smallest absolute Gasteiger partial charge is 0.416 e. The first-order valence-corrected chi connectivity index (χ1v) is 14.9. The third kappa shape index (κ3) is 6.89. The zero-order chi connectivity index (χ0) is 34.0. The molecule has 6 rings (SSSR count). The SMILES string of the molecule is COc1cc(-c2cc(C(F)(F)F)cc3c2n(C)c(=O)n3CC(=O)Nc2cccc(CN3CCOCC3)c2)cc(F)c1OCc1nnc[nH]1. The topological polar surface area (TPSA) is 129 Å². The normalized spacial score (nSPS) is 14.0. The minimum Gasteiger partial charge on any atom is -0.493 e. The maximum absolute atomic E-state index is 15.5. The number of nitrogens with one attached hydrogen (secondary N) is 2. The van der Waals surface area contributed by atoms with E-state index in [1.807, 2.05) is 6.07 Å². The summed E-state index contributed by atoms with van der Waals surface area (Å²) in [5, 5.41) is 10.1. The average molecular weight is 670 g/mol. The Morgan fingerprint density at radius 2 is 1.92 bits per heavy atom. The third-order valence-electron chi connectivity index (χ3n) is 7.94. The van der Waals surface area contributed by atoms with E-state index in [-0.39, 0.29) is 40.3 Å². The summed E-state index contributed by atoms with van der Waals surface area (Å²) in [6.45, 7) is 2.74. The number of rotatable bonds is 10. The molecule has 5 aromatic rings. The number of H-pyrrole nitrogens is 1. The number of ether oxygens (including phenoxy) is 3. The van der Waals surface area contributed by atoms with E-state index in [0.717, 1.165) is 46.0 Å². The van der Waals surface area contributed by atoms with Crippen LogP contribution in [-0.2, 0) is 42.5 Å². The molecule has 0 aliphatic carbocycles. The summed E-state index contributed by atoms with van der Waals surface area (Å²) in [7, 11) is 2.62. The molecule has 252 valence electrons. The molecule has 0 radical (unpaired) electrons. The maximum Gasteiger partial charge on any atom is 0.416 e. The van der Waals surface area contributed by atoms with Gasteiger partial charge in [0.2, 0.25) is 5.91 Å². The van der Waals surface area contributed by atoms with E-state index in [2.05, 4.69) is 25.4 Å². The molecule has 1 saturated heterocycles. The summed E-state index contributed by atoms with van der Waals surface area (Å²) in [6, 6.07) is 11.1. The van der Waals surface area contributed by atoms with Crippen LogP contribution in [0.5, 0.6) is 11.5 Å². The molecular weight excluding hydrogens is 638 g/mol. The van der Waals surface area contributed by atoms with Crippen molar-refractivity contribution in [2.75, 3.05) is 38.7 Å². The zero-order valence-electron chi connectivity index (χ0n) is 25.9. The predicted molar refractivity (Wildman–Crippen MR) is 166 cm³/mol. The molecule has 0 saturated carbocycles. The lowest BCUT2D eigenvalue weighted by Crippen LogP contribution is -2.35. The van der Waals surface area contributed by atoms with E-state index in [9.17, 15) is 22.8 Å². The first-order valence-electron chi connectivity index (χ1n) is 14.9. The molecule has 1 aliphatic heterocycles. The van der Waals surface area contributed by atoms with Gasteiger partial charge in [-0.2, -0.15) is 13.2 Å². The van der Waals surface area contributed by atoms with Crippen LogP contribution >= 0.6 is 0 Å². The van der Waals surface area contributed by atoms with E-state index < -0.39 is 35.7 Å². The number of fused-ring (bicyclic) bond motifs is 1. The molecule has 1 aliphatic rings. The largest absolute Gasteiger partial charge is 0.493 e. The standard InChI is InChI=1S/C32H31F4N7O5/c1-41-29-23(20-11-24(33)30(26(12-20)46-2)48-17-27-37-18-38-40-27)13-21(32(34,35)36)14-25(29)43(31(41)45)16-28(44)39-22-5-3-4-19(10-22)15-42-6-8-47-9-7-42/h3-5,10-14,18H,6-9,15-17H2,1-2H3,(H,39,44)(H,37,38,40). The van der Waals surface area contributed by atoms with Gasteiger partial charge in [0.25, 0.3) is 0 Å².